The van der Waals surface area contributed by atoms with Gasteiger partial charge in [0.25, 0.3) is 5.91 Å². The van der Waals surface area contributed by atoms with Gasteiger partial charge in [0.2, 0.25) is 0 Å². The van der Waals surface area contributed by atoms with E-state index < -0.39 is 0 Å². The Bertz CT molecular complexity index is 684. The lowest BCUT2D eigenvalue weighted by molar-refractivity contribution is 0.0931. The molecule has 2 aromatic carbocycles. The number of nitrogens with one attached hydrogen (secondary N) is 1. The zero-order chi connectivity index (χ0) is 17.0. The number of anilines is 1. The maximum Gasteiger partial charge on any atom is 0.253 e. The second-order valence-electron chi connectivity index (χ2n) is 5.81. The second-order valence-corrected chi connectivity index (χ2v) is 5.81. The van der Waals surface area contributed by atoms with Gasteiger partial charge in [0, 0.05) is 11.7 Å². The van der Waals surface area contributed by atoms with Crippen LogP contribution in [0, 0.1) is 11.7 Å². The number of ether oxygens (including phenoxy) is 1. The Morgan fingerprint density at radius 1 is 1.09 bits per heavy atom. The minimum Gasteiger partial charge on any atom is -0.457 e. The third kappa shape index (κ3) is 4.45. The normalized spacial score (nSPS) is 12.0. The SMILES string of the molecule is CC(C)[C@H](C)NC(=O)c1cc(Oc2ccc(F)cc2)ccc1N. The fourth-order valence-electron chi connectivity index (χ4n) is 1.89. The molecule has 0 aliphatic heterocycles. The minimum atomic E-state index is -0.336. The standard InChI is InChI=1S/C18H21FN2O2/c1-11(2)12(3)21-18(22)16-10-15(8-9-17(16)20)23-14-6-4-13(19)5-7-14/h4-12H,20H2,1-3H3,(H,21,22)/t12-/m0/s1. The predicted octanol–water partition coefficient (Wildman–Crippen LogP) is 3.97. The van der Waals surface area contributed by atoms with Crippen LogP contribution in [0.1, 0.15) is 31.1 Å². The van der Waals surface area contributed by atoms with Gasteiger partial charge in [0.15, 0.2) is 0 Å². The summed E-state index contributed by atoms with van der Waals surface area (Å²) in [5.74, 6) is 0.690. The topological polar surface area (TPSA) is 64.3 Å². The number of hydrogen-bond donors (Lipinski definition) is 2. The molecule has 122 valence electrons. The smallest absolute Gasteiger partial charge is 0.253 e. The monoisotopic (exact) mass is 316 g/mol. The summed E-state index contributed by atoms with van der Waals surface area (Å²) >= 11 is 0. The van der Waals surface area contributed by atoms with Crippen molar-refractivity contribution in [1.29, 1.82) is 0 Å². The first-order chi connectivity index (χ1) is 10.9. The molecule has 0 heterocycles. The number of benzene rings is 2. The summed E-state index contributed by atoms with van der Waals surface area (Å²) in [7, 11) is 0. The molecule has 0 saturated carbocycles. The molecule has 2 rings (SSSR count). The Labute approximate surface area is 135 Å². The molecule has 23 heavy (non-hydrogen) atoms. The van der Waals surface area contributed by atoms with E-state index in [1.54, 1.807) is 18.2 Å². The van der Waals surface area contributed by atoms with Crippen LogP contribution >= 0.6 is 0 Å². The van der Waals surface area contributed by atoms with Crippen LogP contribution in [-0.4, -0.2) is 11.9 Å². The van der Waals surface area contributed by atoms with Crippen LogP contribution in [0.25, 0.3) is 0 Å². The summed E-state index contributed by atoms with van der Waals surface area (Å²) in [5, 5.41) is 2.91. The number of nitrogens with two attached hydrogens (primary N) is 1. The lowest BCUT2D eigenvalue weighted by Crippen LogP contribution is -2.36. The summed E-state index contributed by atoms with van der Waals surface area (Å²) in [5.41, 5.74) is 6.63. The fourth-order valence-corrected chi connectivity index (χ4v) is 1.89. The molecule has 2 aromatic rings. The molecule has 0 fully saturated rings. The number of amides is 1. The molecule has 4 nitrogen and oxygen atoms in total. The van der Waals surface area contributed by atoms with E-state index in [0.29, 0.717) is 28.7 Å². The molecule has 0 radical (unpaired) electrons. The highest BCUT2D eigenvalue weighted by Crippen LogP contribution is 2.25. The van der Waals surface area contributed by atoms with Crippen LogP contribution in [0.4, 0.5) is 10.1 Å². The van der Waals surface area contributed by atoms with E-state index in [4.69, 9.17) is 10.5 Å². The summed E-state index contributed by atoms with van der Waals surface area (Å²) in [6, 6.07) is 10.6. The Hall–Kier alpha value is -2.56. The zero-order valence-corrected chi connectivity index (χ0v) is 13.5. The Balaban J connectivity index is 2.18. The van der Waals surface area contributed by atoms with Crippen molar-refractivity contribution in [1.82, 2.24) is 5.32 Å². The number of rotatable bonds is 5. The highest BCUT2D eigenvalue weighted by atomic mass is 19.1. The van der Waals surface area contributed by atoms with Gasteiger partial charge in [-0.3, -0.25) is 4.79 Å². The third-order valence-electron chi connectivity index (χ3n) is 3.68. The Kier molecular flexibility index (Phi) is 5.21. The van der Waals surface area contributed by atoms with Crippen molar-refractivity contribution in [3.05, 3.63) is 53.8 Å². The average molecular weight is 316 g/mol. The Morgan fingerprint density at radius 2 is 1.70 bits per heavy atom. The molecular weight excluding hydrogens is 295 g/mol. The van der Waals surface area contributed by atoms with Crippen molar-refractivity contribution in [2.24, 2.45) is 5.92 Å². The van der Waals surface area contributed by atoms with Crippen LogP contribution in [0.3, 0.4) is 0 Å². The van der Waals surface area contributed by atoms with Gasteiger partial charge < -0.3 is 15.8 Å². The predicted molar refractivity (Wildman–Crippen MR) is 89.1 cm³/mol. The van der Waals surface area contributed by atoms with E-state index in [0.717, 1.165) is 0 Å². The van der Waals surface area contributed by atoms with Gasteiger partial charge in [0.05, 0.1) is 5.56 Å². The van der Waals surface area contributed by atoms with Crippen LogP contribution in [-0.2, 0) is 0 Å². The summed E-state index contributed by atoms with van der Waals surface area (Å²) in [4.78, 5) is 12.3. The van der Waals surface area contributed by atoms with E-state index in [9.17, 15) is 9.18 Å². The van der Waals surface area contributed by atoms with Crippen LogP contribution in [0.15, 0.2) is 42.5 Å². The molecule has 0 saturated heterocycles. The first-order valence-corrected chi connectivity index (χ1v) is 7.50. The third-order valence-corrected chi connectivity index (χ3v) is 3.68. The molecule has 0 aliphatic rings. The molecule has 0 bridgehead atoms. The molecule has 0 unspecified atom stereocenters. The zero-order valence-electron chi connectivity index (χ0n) is 13.5. The van der Waals surface area contributed by atoms with Crippen molar-refractivity contribution < 1.29 is 13.9 Å². The molecule has 0 aliphatic carbocycles. The number of halogens is 1. The first kappa shape index (κ1) is 16.8. The molecular formula is C18H21FN2O2. The quantitative estimate of drug-likeness (QED) is 0.820. The molecule has 3 N–H and O–H groups in total. The lowest BCUT2D eigenvalue weighted by atomic mass is 10.1. The van der Waals surface area contributed by atoms with Crippen molar-refractivity contribution >= 4 is 11.6 Å². The van der Waals surface area contributed by atoms with Gasteiger partial charge in [-0.05, 0) is 55.3 Å². The maximum atomic E-state index is 12.9. The first-order valence-electron chi connectivity index (χ1n) is 7.50. The fraction of sp³-hybridized carbons (Fsp3) is 0.278. The van der Waals surface area contributed by atoms with Crippen molar-refractivity contribution in [2.75, 3.05) is 5.73 Å². The van der Waals surface area contributed by atoms with E-state index in [1.807, 2.05) is 20.8 Å². The molecule has 0 aromatic heterocycles. The molecule has 0 spiro atoms. The van der Waals surface area contributed by atoms with Gasteiger partial charge in [0.1, 0.15) is 17.3 Å². The van der Waals surface area contributed by atoms with E-state index in [2.05, 4.69) is 5.32 Å². The molecule has 5 heteroatoms. The number of hydrogen-bond acceptors (Lipinski definition) is 3. The van der Waals surface area contributed by atoms with Gasteiger partial charge in [-0.15, -0.1) is 0 Å². The largest absolute Gasteiger partial charge is 0.457 e. The van der Waals surface area contributed by atoms with E-state index in [1.165, 1.54) is 24.3 Å². The van der Waals surface area contributed by atoms with Gasteiger partial charge in [-0.2, -0.15) is 0 Å². The van der Waals surface area contributed by atoms with Crippen LogP contribution in [0.5, 0.6) is 11.5 Å². The van der Waals surface area contributed by atoms with E-state index in [-0.39, 0.29) is 17.8 Å². The number of nitrogen functional groups attached to an aromatic ring is 1. The van der Waals surface area contributed by atoms with Crippen molar-refractivity contribution in [2.45, 2.75) is 26.8 Å². The summed E-state index contributed by atoms with van der Waals surface area (Å²) < 4.78 is 18.5. The van der Waals surface area contributed by atoms with Crippen LogP contribution < -0.4 is 15.8 Å². The highest BCUT2D eigenvalue weighted by molar-refractivity contribution is 5.99. The van der Waals surface area contributed by atoms with Gasteiger partial charge in [-0.1, -0.05) is 13.8 Å². The Morgan fingerprint density at radius 3 is 2.30 bits per heavy atom. The summed E-state index contributed by atoms with van der Waals surface area (Å²) in [6.45, 7) is 6.00. The highest BCUT2D eigenvalue weighted by Gasteiger charge is 2.15. The lowest BCUT2D eigenvalue weighted by Gasteiger charge is -2.18. The number of carbonyl (C=O) groups excluding carboxylic acids is 1. The van der Waals surface area contributed by atoms with Gasteiger partial charge in [-0.25, -0.2) is 4.39 Å². The van der Waals surface area contributed by atoms with Crippen molar-refractivity contribution in [3.8, 4) is 11.5 Å². The average Bonchev–Trinajstić information content (AvgIpc) is 2.51. The number of carbonyl (C=O) groups is 1. The second kappa shape index (κ2) is 7.13. The minimum absolute atomic E-state index is 0.0311. The van der Waals surface area contributed by atoms with Gasteiger partial charge >= 0.3 is 0 Å². The molecule has 1 atom stereocenters. The van der Waals surface area contributed by atoms with Crippen molar-refractivity contribution in [3.63, 3.8) is 0 Å². The summed E-state index contributed by atoms with van der Waals surface area (Å²) in [6.07, 6.45) is 0. The molecule has 1 amide bonds. The maximum absolute atomic E-state index is 12.9. The van der Waals surface area contributed by atoms with Crippen LogP contribution in [0.2, 0.25) is 0 Å². The van der Waals surface area contributed by atoms with E-state index >= 15 is 0 Å².